The highest BCUT2D eigenvalue weighted by molar-refractivity contribution is 5.71. The molecule has 320 valence electrons. The normalized spacial score (nSPS) is 13.3. The van der Waals surface area contributed by atoms with E-state index < -0.39 is 24.3 Å². The largest absolute Gasteiger partial charge is 0.477 e. The number of carbonyl (C=O) groups excluding carboxylic acids is 2. The molecule has 0 saturated carbocycles. The number of unbranched alkanes of at least 4 members (excludes halogenated alkanes) is 19. The van der Waals surface area contributed by atoms with Gasteiger partial charge in [0, 0.05) is 12.8 Å². The van der Waals surface area contributed by atoms with E-state index in [4.69, 9.17) is 18.9 Å². The summed E-state index contributed by atoms with van der Waals surface area (Å²) in [4.78, 5) is 37.1. The fourth-order valence-corrected chi connectivity index (χ4v) is 5.86. The van der Waals surface area contributed by atoms with Crippen molar-refractivity contribution in [2.75, 3.05) is 47.5 Å². The third-order valence-corrected chi connectivity index (χ3v) is 9.37. The molecule has 1 N–H and O–H groups in total. The second-order valence-electron chi connectivity index (χ2n) is 16.0. The highest BCUT2D eigenvalue weighted by Crippen LogP contribution is 2.13. The first-order chi connectivity index (χ1) is 26.6. The van der Waals surface area contributed by atoms with Gasteiger partial charge in [-0.1, -0.05) is 134 Å². The number of aliphatic carboxylic acids is 1. The van der Waals surface area contributed by atoms with E-state index in [-0.39, 0.29) is 38.6 Å². The number of likely N-dealkylation sites (N-methyl/N-ethyl adjacent to an activating group) is 1. The van der Waals surface area contributed by atoms with Crippen LogP contribution >= 0.6 is 0 Å². The Labute approximate surface area is 337 Å². The molecule has 2 unspecified atom stereocenters. The maximum Gasteiger partial charge on any atom is 0.361 e. The van der Waals surface area contributed by atoms with E-state index in [0.717, 1.165) is 77.0 Å². The summed E-state index contributed by atoms with van der Waals surface area (Å²) in [7, 11) is 5.94. The molecule has 0 heterocycles. The fourth-order valence-electron chi connectivity index (χ4n) is 5.86. The van der Waals surface area contributed by atoms with Gasteiger partial charge >= 0.3 is 17.9 Å². The number of allylic oxidation sites excluding steroid dienone is 6. The van der Waals surface area contributed by atoms with Crippen LogP contribution < -0.4 is 0 Å². The predicted octanol–water partition coefficient (Wildman–Crippen LogP) is 11.4. The second-order valence-corrected chi connectivity index (χ2v) is 16.0. The van der Waals surface area contributed by atoms with Crippen molar-refractivity contribution in [3.05, 3.63) is 36.5 Å². The van der Waals surface area contributed by atoms with Gasteiger partial charge in [0.1, 0.15) is 13.2 Å². The number of carbonyl (C=O) groups is 3. The Kier molecular flexibility index (Phi) is 36.6. The number of nitrogens with zero attached hydrogens (tertiary/aromatic N) is 1. The van der Waals surface area contributed by atoms with Gasteiger partial charge in [-0.25, -0.2) is 4.79 Å². The zero-order chi connectivity index (χ0) is 40.7. The van der Waals surface area contributed by atoms with Gasteiger partial charge in [0.05, 0.1) is 34.4 Å². The minimum Gasteiger partial charge on any atom is -0.477 e. The average molecular weight is 779 g/mol. The molecule has 2 atom stereocenters. The average Bonchev–Trinajstić information content (AvgIpc) is 3.14. The number of carboxylic acids is 1. The van der Waals surface area contributed by atoms with E-state index in [1.807, 2.05) is 21.1 Å². The van der Waals surface area contributed by atoms with E-state index in [1.165, 1.54) is 70.6 Å². The van der Waals surface area contributed by atoms with E-state index in [9.17, 15) is 19.5 Å². The molecular weight excluding hydrogens is 695 g/mol. The van der Waals surface area contributed by atoms with Gasteiger partial charge in [0.15, 0.2) is 6.10 Å². The Hall–Kier alpha value is -2.49. The van der Waals surface area contributed by atoms with Crippen LogP contribution in [0.2, 0.25) is 0 Å². The molecule has 0 amide bonds. The van der Waals surface area contributed by atoms with Gasteiger partial charge in [-0.15, -0.1) is 0 Å². The molecule has 0 fully saturated rings. The maximum atomic E-state index is 12.7. The lowest BCUT2D eigenvalue weighted by molar-refractivity contribution is -0.870. The van der Waals surface area contributed by atoms with Crippen LogP contribution in [0.25, 0.3) is 0 Å². The van der Waals surface area contributed by atoms with E-state index >= 15 is 0 Å². The molecule has 0 aliphatic carbocycles. The van der Waals surface area contributed by atoms with Crippen molar-refractivity contribution in [1.82, 2.24) is 0 Å². The fraction of sp³-hybridized carbons (Fsp3) is 0.804. The molecule has 0 radical (unpaired) electrons. The van der Waals surface area contributed by atoms with Crippen LogP contribution in [0, 0.1) is 0 Å². The van der Waals surface area contributed by atoms with Gasteiger partial charge < -0.3 is 28.5 Å². The van der Waals surface area contributed by atoms with Crippen molar-refractivity contribution in [2.45, 2.75) is 193 Å². The lowest BCUT2D eigenvalue weighted by atomic mass is 10.1. The quantitative estimate of drug-likeness (QED) is 0.0215. The van der Waals surface area contributed by atoms with Gasteiger partial charge in [-0.3, -0.25) is 9.59 Å². The number of hydrogen-bond donors (Lipinski definition) is 1. The minimum atomic E-state index is -1.51. The Bertz CT molecular complexity index is 1000. The lowest BCUT2D eigenvalue weighted by Crippen LogP contribution is -2.40. The first-order valence-corrected chi connectivity index (χ1v) is 22.2. The maximum absolute atomic E-state index is 12.7. The van der Waals surface area contributed by atoms with Crippen LogP contribution in [-0.2, 0) is 33.3 Å². The molecule has 55 heavy (non-hydrogen) atoms. The summed E-state index contributed by atoms with van der Waals surface area (Å²) in [6.45, 7) is 4.81. The standard InChI is InChI=1S/C46H83NO8/c1-6-8-10-12-14-16-18-20-22-23-25-27-29-31-33-35-37-44(49)55-42(41-54-46(45(50)51)52-39-38-47(3,4)5)40-53-43(48)36-34-32-30-28-26-24-21-19-17-15-13-11-9-7-2/h16,18-19,21-23,42,46H,6-15,17,20,24-41H2,1-5H3/p+1/b18-16-,21-19-,23-22-. The predicted molar refractivity (Wildman–Crippen MR) is 226 cm³/mol. The first-order valence-electron chi connectivity index (χ1n) is 22.2. The monoisotopic (exact) mass is 779 g/mol. The van der Waals surface area contributed by atoms with E-state index in [2.05, 4.69) is 50.3 Å². The van der Waals surface area contributed by atoms with Gasteiger partial charge in [0.25, 0.3) is 6.29 Å². The molecule has 9 nitrogen and oxygen atoms in total. The van der Waals surface area contributed by atoms with E-state index in [0.29, 0.717) is 17.4 Å². The zero-order valence-corrected chi connectivity index (χ0v) is 36.1. The molecule has 0 aromatic carbocycles. The molecule has 0 rings (SSSR count). The van der Waals surface area contributed by atoms with Crippen LogP contribution in [-0.4, -0.2) is 87.4 Å². The topological polar surface area (TPSA) is 108 Å². The second kappa shape index (κ2) is 38.4. The van der Waals surface area contributed by atoms with Crippen molar-refractivity contribution in [2.24, 2.45) is 0 Å². The van der Waals surface area contributed by atoms with Crippen LogP contribution in [0.4, 0.5) is 0 Å². The van der Waals surface area contributed by atoms with Crippen LogP contribution in [0.5, 0.6) is 0 Å². The summed E-state index contributed by atoms with van der Waals surface area (Å²) in [5.41, 5.74) is 0. The van der Waals surface area contributed by atoms with Gasteiger partial charge in [-0.2, -0.15) is 0 Å². The number of ether oxygens (including phenoxy) is 4. The summed E-state index contributed by atoms with van der Waals surface area (Å²) in [6, 6.07) is 0. The van der Waals surface area contributed by atoms with Crippen molar-refractivity contribution < 1.29 is 42.9 Å². The molecule has 0 aromatic heterocycles. The number of quaternary nitrogens is 1. The molecule has 0 aliphatic rings. The first kappa shape index (κ1) is 52.5. The van der Waals surface area contributed by atoms with Gasteiger partial charge in [-0.05, 0) is 70.6 Å². The van der Waals surface area contributed by atoms with Crippen molar-refractivity contribution in [3.63, 3.8) is 0 Å². The summed E-state index contributed by atoms with van der Waals surface area (Å²) in [5, 5.41) is 9.62. The molecule has 0 spiro atoms. The third kappa shape index (κ3) is 39.5. The Morgan fingerprint density at radius 2 is 0.982 bits per heavy atom. The summed E-state index contributed by atoms with van der Waals surface area (Å²) in [5.74, 6) is -2.04. The number of carboxylic acid groups (broad SMARTS) is 1. The Balaban J connectivity index is 4.50. The highest BCUT2D eigenvalue weighted by atomic mass is 16.7. The third-order valence-electron chi connectivity index (χ3n) is 9.37. The SMILES string of the molecule is CCCCCC/C=C\C/C=C\CCCCCCCC(=O)OC(COC(=O)CCCCCCC/C=C\CCCCCCC)COC(OCC[N+](C)(C)C)C(=O)O. The molecular formula is C46H84NO8+. The van der Waals surface area contributed by atoms with E-state index in [1.54, 1.807) is 0 Å². The number of rotatable bonds is 40. The number of hydrogen-bond acceptors (Lipinski definition) is 7. The Morgan fingerprint density at radius 1 is 0.545 bits per heavy atom. The molecule has 0 aliphatic heterocycles. The smallest absolute Gasteiger partial charge is 0.361 e. The van der Waals surface area contributed by atoms with Gasteiger partial charge in [0.2, 0.25) is 0 Å². The highest BCUT2D eigenvalue weighted by Gasteiger charge is 2.25. The summed E-state index contributed by atoms with van der Waals surface area (Å²) in [6.07, 6.45) is 39.1. The van der Waals surface area contributed by atoms with Crippen molar-refractivity contribution in [3.8, 4) is 0 Å². The summed E-state index contributed by atoms with van der Waals surface area (Å²) >= 11 is 0. The molecule has 0 saturated heterocycles. The Morgan fingerprint density at radius 3 is 1.47 bits per heavy atom. The minimum absolute atomic E-state index is 0.183. The van der Waals surface area contributed by atoms with Crippen molar-refractivity contribution >= 4 is 17.9 Å². The lowest BCUT2D eigenvalue weighted by Gasteiger charge is -2.25. The molecule has 9 heteroatoms. The van der Waals surface area contributed by atoms with Crippen LogP contribution in [0.1, 0.15) is 181 Å². The van der Waals surface area contributed by atoms with Crippen LogP contribution in [0.3, 0.4) is 0 Å². The van der Waals surface area contributed by atoms with Crippen molar-refractivity contribution in [1.29, 1.82) is 0 Å². The number of esters is 2. The molecule has 0 aromatic rings. The van der Waals surface area contributed by atoms with Crippen LogP contribution in [0.15, 0.2) is 36.5 Å². The summed E-state index contributed by atoms with van der Waals surface area (Å²) < 4.78 is 22.7. The molecule has 0 bridgehead atoms. The zero-order valence-electron chi connectivity index (χ0n) is 36.1.